The molecule has 3 N–H and O–H groups in total. The van der Waals surface area contributed by atoms with Crippen LogP contribution in [0.4, 0.5) is 24.5 Å². The van der Waals surface area contributed by atoms with Crippen molar-refractivity contribution >= 4 is 28.1 Å². The lowest BCUT2D eigenvalue weighted by molar-refractivity contribution is -0.136. The number of alkyl halides is 3. The fraction of sp³-hybridized carbons (Fsp3) is 0.333. The van der Waals surface area contributed by atoms with Crippen LogP contribution in [0.15, 0.2) is 47.4 Å². The maximum Gasteiger partial charge on any atom is 0.407 e. The predicted octanol–water partition coefficient (Wildman–Crippen LogP) is 5.85. The Hall–Kier alpha value is -3.82. The quantitative estimate of drug-likeness (QED) is 0.329. The number of carbonyl (C=O) groups excluding carboxylic acids is 1. The van der Waals surface area contributed by atoms with Gasteiger partial charge >= 0.3 is 6.18 Å². The van der Waals surface area contributed by atoms with Gasteiger partial charge in [0.05, 0.1) is 45.4 Å². The van der Waals surface area contributed by atoms with Gasteiger partial charge in [-0.1, -0.05) is 6.07 Å². The Kier molecular flexibility index (Phi) is 6.27. The van der Waals surface area contributed by atoms with Crippen molar-refractivity contribution in [2.75, 3.05) is 11.1 Å². The van der Waals surface area contributed by atoms with E-state index in [4.69, 9.17) is 11.3 Å². The van der Waals surface area contributed by atoms with Gasteiger partial charge in [-0.25, -0.2) is 4.85 Å². The van der Waals surface area contributed by atoms with Gasteiger partial charge in [0.2, 0.25) is 17.7 Å². The molecule has 1 aromatic heterocycles. The maximum atomic E-state index is 13.6. The standard InChI is InChI=1S/C27H24F3N3O5S/c1-15(34)32-16-4-7-18(8-5-16)39(37)13-12-26-11-10-25(2,38-26)21-22(26)24(36)33(23(21)35)17-6-9-20(31-3)19(14-17)27(28,29)30/h4-9,14,35-36H,10-13H2,1-2H3,(H,32,34). The van der Waals surface area contributed by atoms with Gasteiger partial charge in [0.1, 0.15) is 5.60 Å². The molecule has 12 heteroatoms. The molecule has 2 aliphatic rings. The average molecular weight is 560 g/mol. The van der Waals surface area contributed by atoms with Gasteiger partial charge < -0.3 is 20.3 Å². The molecule has 1 saturated heterocycles. The van der Waals surface area contributed by atoms with Gasteiger partial charge in [-0.2, -0.15) is 13.2 Å². The molecule has 0 aliphatic carbocycles. The molecule has 8 nitrogen and oxygen atoms in total. The molecule has 0 spiro atoms. The predicted molar refractivity (Wildman–Crippen MR) is 136 cm³/mol. The van der Waals surface area contributed by atoms with Gasteiger partial charge in [0, 0.05) is 23.3 Å². The summed E-state index contributed by atoms with van der Waals surface area (Å²) in [7, 11) is -1.45. The van der Waals surface area contributed by atoms with Crippen LogP contribution in [-0.2, 0) is 37.7 Å². The van der Waals surface area contributed by atoms with E-state index in [1.54, 1.807) is 31.2 Å². The molecule has 3 heterocycles. The van der Waals surface area contributed by atoms with E-state index in [1.165, 1.54) is 13.0 Å². The SMILES string of the molecule is [C-]#[N+]c1ccc(-n2c(O)c3c(c2O)C2(CCS(=O)c4ccc(NC(C)=O)cc4)CCC3(C)O2)cc1C(F)(F)F. The molecule has 5 rings (SSSR count). The number of halogens is 3. The Balaban J connectivity index is 1.48. The van der Waals surface area contributed by atoms with Crippen LogP contribution >= 0.6 is 0 Å². The highest BCUT2D eigenvalue weighted by molar-refractivity contribution is 7.85. The summed E-state index contributed by atoms with van der Waals surface area (Å²) in [4.78, 5) is 14.7. The number of carbonyl (C=O) groups is 1. The third kappa shape index (κ3) is 4.35. The van der Waals surface area contributed by atoms with E-state index >= 15 is 0 Å². The van der Waals surface area contributed by atoms with Crippen molar-refractivity contribution in [1.29, 1.82) is 0 Å². The first kappa shape index (κ1) is 26.8. The first-order valence-electron chi connectivity index (χ1n) is 12.0. The zero-order chi connectivity index (χ0) is 28.3. The summed E-state index contributed by atoms with van der Waals surface area (Å²) in [5.74, 6) is -0.975. The molecule has 204 valence electrons. The molecule has 1 amide bonds. The van der Waals surface area contributed by atoms with E-state index in [-0.39, 0.29) is 29.3 Å². The van der Waals surface area contributed by atoms with E-state index in [2.05, 4.69) is 10.2 Å². The lowest BCUT2D eigenvalue weighted by Crippen LogP contribution is -2.25. The zero-order valence-corrected chi connectivity index (χ0v) is 21.7. The number of ether oxygens (including phenoxy) is 1. The number of aromatic hydroxyl groups is 2. The summed E-state index contributed by atoms with van der Waals surface area (Å²) >= 11 is 0. The van der Waals surface area contributed by atoms with Gasteiger partial charge in [0.15, 0.2) is 5.69 Å². The number of benzene rings is 2. The van der Waals surface area contributed by atoms with Crippen molar-refractivity contribution in [3.05, 3.63) is 70.6 Å². The Labute approximate surface area is 224 Å². The van der Waals surface area contributed by atoms with Crippen LogP contribution < -0.4 is 5.32 Å². The number of anilines is 1. The Morgan fingerprint density at radius 1 is 1.15 bits per heavy atom. The second-order valence-electron chi connectivity index (χ2n) is 9.88. The molecule has 39 heavy (non-hydrogen) atoms. The number of rotatable bonds is 6. The molecule has 0 saturated carbocycles. The van der Waals surface area contributed by atoms with Crippen LogP contribution in [-0.4, -0.2) is 30.6 Å². The van der Waals surface area contributed by atoms with Crippen molar-refractivity contribution in [2.24, 2.45) is 0 Å². The second kappa shape index (κ2) is 9.14. The Morgan fingerprint density at radius 2 is 1.82 bits per heavy atom. The lowest BCUT2D eigenvalue weighted by atomic mass is 9.78. The third-order valence-electron chi connectivity index (χ3n) is 7.32. The van der Waals surface area contributed by atoms with Gasteiger partial charge in [-0.05, 0) is 62.6 Å². The highest BCUT2D eigenvalue weighted by Gasteiger charge is 2.61. The Bertz CT molecular complexity index is 1560. The molecule has 1 fully saturated rings. The van der Waals surface area contributed by atoms with Crippen LogP contribution in [0.3, 0.4) is 0 Å². The number of amides is 1. The van der Waals surface area contributed by atoms with E-state index < -0.39 is 51.2 Å². The van der Waals surface area contributed by atoms with Crippen LogP contribution in [0.2, 0.25) is 0 Å². The molecule has 2 bridgehead atoms. The molecular weight excluding hydrogens is 535 g/mol. The number of aromatic nitrogens is 1. The summed E-state index contributed by atoms with van der Waals surface area (Å²) in [5, 5.41) is 25.0. The van der Waals surface area contributed by atoms with Crippen LogP contribution in [0, 0.1) is 6.57 Å². The molecule has 0 radical (unpaired) electrons. The highest BCUT2D eigenvalue weighted by Crippen LogP contribution is 2.65. The smallest absolute Gasteiger partial charge is 0.407 e. The number of nitrogens with one attached hydrogen (secondary N) is 1. The van der Waals surface area contributed by atoms with Gasteiger partial charge in [0.25, 0.3) is 0 Å². The fourth-order valence-corrected chi connectivity index (χ4v) is 6.80. The number of hydrogen-bond acceptors (Lipinski definition) is 5. The minimum Gasteiger partial charge on any atom is -0.494 e. The van der Waals surface area contributed by atoms with Crippen molar-refractivity contribution in [1.82, 2.24) is 4.57 Å². The Morgan fingerprint density at radius 3 is 2.44 bits per heavy atom. The van der Waals surface area contributed by atoms with Crippen molar-refractivity contribution in [2.45, 2.75) is 55.4 Å². The number of fused-ring (bicyclic) bond motifs is 5. The van der Waals surface area contributed by atoms with Crippen LogP contribution in [0.1, 0.15) is 49.8 Å². The minimum atomic E-state index is -4.81. The first-order chi connectivity index (χ1) is 18.3. The third-order valence-corrected chi connectivity index (χ3v) is 8.70. The topological polar surface area (TPSA) is 105 Å². The fourth-order valence-electron chi connectivity index (χ4n) is 5.61. The molecule has 3 atom stereocenters. The molecule has 3 unspecified atom stereocenters. The van der Waals surface area contributed by atoms with Crippen molar-refractivity contribution < 1.29 is 37.1 Å². The van der Waals surface area contributed by atoms with Gasteiger partial charge in [-0.15, -0.1) is 0 Å². The van der Waals surface area contributed by atoms with Crippen molar-refractivity contribution in [3.63, 3.8) is 0 Å². The summed E-state index contributed by atoms with van der Waals surface area (Å²) in [6.07, 6.45) is -3.65. The summed E-state index contributed by atoms with van der Waals surface area (Å²) in [6.45, 7) is 10.2. The van der Waals surface area contributed by atoms with Crippen LogP contribution in [0.5, 0.6) is 11.8 Å². The van der Waals surface area contributed by atoms with Crippen molar-refractivity contribution in [3.8, 4) is 17.4 Å². The maximum absolute atomic E-state index is 13.6. The van der Waals surface area contributed by atoms with E-state index in [9.17, 15) is 32.4 Å². The molecule has 2 aliphatic heterocycles. The number of hydrogen-bond donors (Lipinski definition) is 3. The largest absolute Gasteiger partial charge is 0.494 e. The lowest BCUT2D eigenvalue weighted by Gasteiger charge is -2.26. The van der Waals surface area contributed by atoms with E-state index in [0.717, 1.165) is 16.7 Å². The number of nitrogens with zero attached hydrogens (tertiary/aromatic N) is 2. The average Bonchev–Trinajstić information content (AvgIpc) is 3.46. The molecule has 2 aromatic carbocycles. The monoisotopic (exact) mass is 559 g/mol. The molecule has 3 aromatic rings. The van der Waals surface area contributed by atoms with E-state index in [0.29, 0.717) is 29.0 Å². The van der Waals surface area contributed by atoms with Gasteiger partial charge in [-0.3, -0.25) is 13.6 Å². The highest BCUT2D eigenvalue weighted by atomic mass is 32.2. The first-order valence-corrected chi connectivity index (χ1v) is 13.3. The second-order valence-corrected chi connectivity index (χ2v) is 11.4. The van der Waals surface area contributed by atoms with E-state index in [1.807, 2.05) is 0 Å². The zero-order valence-electron chi connectivity index (χ0n) is 20.9. The van der Waals surface area contributed by atoms with Crippen LogP contribution in [0.25, 0.3) is 10.5 Å². The minimum absolute atomic E-state index is 0.151. The summed E-state index contributed by atoms with van der Waals surface area (Å²) in [5.41, 5.74) is -2.88. The summed E-state index contributed by atoms with van der Waals surface area (Å²) in [6, 6.07) is 9.52. The summed E-state index contributed by atoms with van der Waals surface area (Å²) < 4.78 is 61.2. The molecular formula is C27H24F3N3O5S. The normalized spacial score (nSPS) is 22.4.